The van der Waals surface area contributed by atoms with Gasteiger partial charge < -0.3 is 5.73 Å². The van der Waals surface area contributed by atoms with Crippen LogP contribution in [0.4, 0.5) is 5.69 Å². The van der Waals surface area contributed by atoms with Crippen molar-refractivity contribution in [3.8, 4) is 0 Å². The predicted molar refractivity (Wildman–Crippen MR) is 63.6 cm³/mol. The van der Waals surface area contributed by atoms with Gasteiger partial charge in [0.25, 0.3) is 0 Å². The van der Waals surface area contributed by atoms with Crippen LogP contribution in [0.5, 0.6) is 0 Å². The lowest BCUT2D eigenvalue weighted by Gasteiger charge is -2.09. The number of halogens is 1. The number of anilines is 1. The predicted octanol–water partition coefficient (Wildman–Crippen LogP) is 2.25. The third kappa shape index (κ3) is 3.11. The van der Waals surface area contributed by atoms with E-state index in [1.807, 2.05) is 0 Å². The first kappa shape index (κ1) is 12.3. The van der Waals surface area contributed by atoms with E-state index >= 15 is 0 Å². The molecule has 84 valence electrons. The van der Waals surface area contributed by atoms with Crippen molar-refractivity contribution in [1.82, 2.24) is 0 Å². The van der Waals surface area contributed by atoms with Crippen LogP contribution in [0.25, 0.3) is 0 Å². The van der Waals surface area contributed by atoms with Crippen LogP contribution in [0, 0.1) is 0 Å². The average Bonchev–Trinajstić information content (AvgIpc) is 2.09. The standard InChI is InChI=1S/C10H14ClNO2S/c1-7(2)15(13,14)6-8-3-4-9(12)5-10(8)11/h3-5,7H,6,12H2,1-2H3. The largest absolute Gasteiger partial charge is 0.399 e. The molecule has 0 spiro atoms. The monoisotopic (exact) mass is 247 g/mol. The van der Waals surface area contributed by atoms with E-state index in [0.717, 1.165) is 0 Å². The van der Waals surface area contributed by atoms with E-state index in [4.69, 9.17) is 17.3 Å². The van der Waals surface area contributed by atoms with E-state index < -0.39 is 15.1 Å². The van der Waals surface area contributed by atoms with Crippen molar-refractivity contribution >= 4 is 27.1 Å². The van der Waals surface area contributed by atoms with Crippen molar-refractivity contribution < 1.29 is 8.42 Å². The van der Waals surface area contributed by atoms with Gasteiger partial charge in [0.2, 0.25) is 0 Å². The van der Waals surface area contributed by atoms with E-state index in [9.17, 15) is 8.42 Å². The molecule has 15 heavy (non-hydrogen) atoms. The Bertz CT molecular complexity index is 454. The molecular weight excluding hydrogens is 234 g/mol. The summed E-state index contributed by atoms with van der Waals surface area (Å²) in [4.78, 5) is 0. The Hall–Kier alpha value is -0.740. The quantitative estimate of drug-likeness (QED) is 0.834. The number of benzene rings is 1. The second-order valence-corrected chi connectivity index (χ2v) is 6.67. The van der Waals surface area contributed by atoms with Crippen molar-refractivity contribution in [2.45, 2.75) is 24.9 Å². The normalized spacial score (nSPS) is 12.0. The minimum absolute atomic E-state index is 0.0379. The molecule has 0 heterocycles. The molecule has 0 amide bonds. The summed E-state index contributed by atoms with van der Waals surface area (Å²) in [5, 5.41) is 0.00495. The maximum absolute atomic E-state index is 11.6. The molecule has 0 unspecified atom stereocenters. The molecule has 0 fully saturated rings. The van der Waals surface area contributed by atoms with Crippen molar-refractivity contribution in [1.29, 1.82) is 0 Å². The first-order chi connectivity index (χ1) is 6.83. The lowest BCUT2D eigenvalue weighted by Crippen LogP contribution is -2.16. The molecule has 0 aliphatic heterocycles. The summed E-state index contributed by atoms with van der Waals surface area (Å²) in [6.07, 6.45) is 0. The molecule has 0 aliphatic carbocycles. The van der Waals surface area contributed by atoms with Gasteiger partial charge in [0, 0.05) is 10.7 Å². The number of hydrogen-bond acceptors (Lipinski definition) is 3. The van der Waals surface area contributed by atoms with Crippen LogP contribution >= 0.6 is 11.6 Å². The van der Waals surface area contributed by atoms with Gasteiger partial charge in [-0.2, -0.15) is 0 Å². The number of nitrogen functional groups attached to an aromatic ring is 1. The van der Waals surface area contributed by atoms with Gasteiger partial charge in [-0.15, -0.1) is 0 Å². The van der Waals surface area contributed by atoms with Gasteiger partial charge in [0.05, 0.1) is 11.0 Å². The zero-order valence-corrected chi connectivity index (χ0v) is 10.3. The Morgan fingerprint density at radius 3 is 2.47 bits per heavy atom. The highest BCUT2D eigenvalue weighted by Crippen LogP contribution is 2.22. The summed E-state index contributed by atoms with van der Waals surface area (Å²) < 4.78 is 23.3. The Balaban J connectivity index is 3.01. The Kier molecular flexibility index (Phi) is 3.62. The Morgan fingerprint density at radius 1 is 1.40 bits per heavy atom. The second-order valence-electron chi connectivity index (χ2n) is 3.71. The van der Waals surface area contributed by atoms with E-state index in [1.165, 1.54) is 0 Å². The maximum Gasteiger partial charge on any atom is 0.156 e. The molecule has 0 atom stereocenters. The fourth-order valence-electron chi connectivity index (χ4n) is 1.06. The lowest BCUT2D eigenvalue weighted by molar-refractivity contribution is 0.586. The molecule has 3 nitrogen and oxygen atoms in total. The van der Waals surface area contributed by atoms with Crippen LogP contribution < -0.4 is 5.73 Å². The molecule has 0 radical (unpaired) electrons. The summed E-state index contributed by atoms with van der Waals surface area (Å²) >= 11 is 5.90. The fraction of sp³-hybridized carbons (Fsp3) is 0.400. The summed E-state index contributed by atoms with van der Waals surface area (Å²) in [7, 11) is -3.11. The van der Waals surface area contributed by atoms with Gasteiger partial charge >= 0.3 is 0 Å². The molecule has 2 N–H and O–H groups in total. The topological polar surface area (TPSA) is 60.2 Å². The van der Waals surface area contributed by atoms with Crippen LogP contribution in [0.15, 0.2) is 18.2 Å². The number of rotatable bonds is 3. The zero-order valence-electron chi connectivity index (χ0n) is 8.70. The highest BCUT2D eigenvalue weighted by atomic mass is 35.5. The Morgan fingerprint density at radius 2 is 2.00 bits per heavy atom. The van der Waals surface area contributed by atoms with Gasteiger partial charge in [-0.1, -0.05) is 17.7 Å². The van der Waals surface area contributed by atoms with Crippen LogP contribution in [0.2, 0.25) is 5.02 Å². The summed E-state index contributed by atoms with van der Waals surface area (Å²) in [5.41, 5.74) is 6.65. The molecule has 0 aliphatic rings. The molecule has 0 saturated heterocycles. The molecule has 1 rings (SSSR count). The second kappa shape index (κ2) is 4.41. The summed E-state index contributed by atoms with van der Waals surface area (Å²) in [5.74, 6) is -0.0379. The SMILES string of the molecule is CC(C)S(=O)(=O)Cc1ccc(N)cc1Cl. The smallest absolute Gasteiger partial charge is 0.156 e. The highest BCUT2D eigenvalue weighted by molar-refractivity contribution is 7.91. The van der Waals surface area contributed by atoms with Gasteiger partial charge in [-0.3, -0.25) is 0 Å². The Labute approximate surface area is 95.2 Å². The molecule has 1 aromatic carbocycles. The van der Waals surface area contributed by atoms with Crippen LogP contribution in [0.3, 0.4) is 0 Å². The third-order valence-corrected chi connectivity index (χ3v) is 4.65. The van der Waals surface area contributed by atoms with Crippen LogP contribution in [-0.4, -0.2) is 13.7 Å². The van der Waals surface area contributed by atoms with E-state index in [0.29, 0.717) is 16.3 Å². The first-order valence-corrected chi connectivity index (χ1v) is 6.68. The summed E-state index contributed by atoms with van der Waals surface area (Å²) in [6, 6.07) is 4.86. The highest BCUT2D eigenvalue weighted by Gasteiger charge is 2.18. The first-order valence-electron chi connectivity index (χ1n) is 4.58. The maximum atomic E-state index is 11.6. The van der Waals surface area contributed by atoms with Crippen molar-refractivity contribution in [2.75, 3.05) is 5.73 Å². The van der Waals surface area contributed by atoms with Gasteiger partial charge in [-0.25, -0.2) is 8.42 Å². The molecule has 0 saturated carbocycles. The molecule has 1 aromatic rings. The van der Waals surface area contributed by atoms with E-state index in [2.05, 4.69) is 0 Å². The van der Waals surface area contributed by atoms with Gasteiger partial charge in [0.1, 0.15) is 0 Å². The fourth-order valence-corrected chi connectivity index (χ4v) is 2.42. The minimum atomic E-state index is -3.11. The number of nitrogens with two attached hydrogens (primary N) is 1. The minimum Gasteiger partial charge on any atom is -0.399 e. The van der Waals surface area contributed by atoms with Crippen LogP contribution in [-0.2, 0) is 15.6 Å². The third-order valence-electron chi connectivity index (χ3n) is 2.15. The van der Waals surface area contributed by atoms with Gasteiger partial charge in [0.15, 0.2) is 9.84 Å². The number of hydrogen-bond donors (Lipinski definition) is 1. The van der Waals surface area contributed by atoms with Crippen molar-refractivity contribution in [3.63, 3.8) is 0 Å². The van der Waals surface area contributed by atoms with E-state index in [-0.39, 0.29) is 5.75 Å². The molecule has 5 heteroatoms. The molecule has 0 aromatic heterocycles. The molecule has 0 bridgehead atoms. The molecular formula is C10H14ClNO2S. The van der Waals surface area contributed by atoms with Crippen molar-refractivity contribution in [2.24, 2.45) is 0 Å². The van der Waals surface area contributed by atoms with Crippen molar-refractivity contribution in [3.05, 3.63) is 28.8 Å². The number of sulfone groups is 1. The van der Waals surface area contributed by atoms with Crippen LogP contribution in [0.1, 0.15) is 19.4 Å². The average molecular weight is 248 g/mol. The lowest BCUT2D eigenvalue weighted by atomic mass is 10.2. The zero-order chi connectivity index (χ0) is 11.6. The van der Waals surface area contributed by atoms with E-state index in [1.54, 1.807) is 32.0 Å². The summed E-state index contributed by atoms with van der Waals surface area (Å²) in [6.45, 7) is 3.31. The van der Waals surface area contributed by atoms with Gasteiger partial charge in [-0.05, 0) is 31.5 Å².